The second-order valence-corrected chi connectivity index (χ2v) is 4.78. The number of nitrogens with two attached hydrogens (primary N) is 1. The minimum Gasteiger partial charge on any atom is -0.492 e. The van der Waals surface area contributed by atoms with Crippen molar-refractivity contribution in [1.29, 1.82) is 0 Å². The van der Waals surface area contributed by atoms with Crippen LogP contribution in [0.4, 0.5) is 5.69 Å². The van der Waals surface area contributed by atoms with Crippen LogP contribution in [0.15, 0.2) is 18.2 Å². The van der Waals surface area contributed by atoms with E-state index in [1.54, 1.807) is 32.3 Å². The van der Waals surface area contributed by atoms with Crippen LogP contribution in [-0.2, 0) is 4.79 Å². The van der Waals surface area contributed by atoms with Gasteiger partial charge < -0.3 is 20.7 Å². The van der Waals surface area contributed by atoms with E-state index >= 15 is 0 Å². The van der Waals surface area contributed by atoms with Gasteiger partial charge in [0.25, 0.3) is 5.91 Å². The van der Waals surface area contributed by atoms with E-state index in [1.807, 2.05) is 6.92 Å². The molecule has 1 aromatic carbocycles. The van der Waals surface area contributed by atoms with Gasteiger partial charge in [0.05, 0.1) is 12.3 Å². The van der Waals surface area contributed by atoms with E-state index in [-0.39, 0.29) is 24.2 Å². The highest BCUT2D eigenvalue weighted by Crippen LogP contribution is 2.26. The van der Waals surface area contributed by atoms with E-state index in [4.69, 9.17) is 10.5 Å². The van der Waals surface area contributed by atoms with E-state index in [0.717, 1.165) is 0 Å². The zero-order valence-corrected chi connectivity index (χ0v) is 14.0. The number of hydrogen-bond acceptors (Lipinski definition) is 4. The molecule has 0 saturated heterocycles. The van der Waals surface area contributed by atoms with Crippen molar-refractivity contribution in [2.45, 2.75) is 19.8 Å². The maximum absolute atomic E-state index is 12.0. The molecule has 0 spiro atoms. The summed E-state index contributed by atoms with van der Waals surface area (Å²) < 4.78 is 5.47. The summed E-state index contributed by atoms with van der Waals surface area (Å²) >= 11 is 0. The molecule has 0 aliphatic carbocycles. The van der Waals surface area contributed by atoms with Crippen LogP contribution in [-0.4, -0.2) is 44.0 Å². The number of halogens is 1. The molecular formula is C15H24ClN3O3. The smallest absolute Gasteiger partial charge is 0.253 e. The number of carbonyl (C=O) groups excluding carboxylic acids is 2. The van der Waals surface area contributed by atoms with Crippen LogP contribution in [0, 0.1) is 0 Å². The number of ether oxygens (including phenoxy) is 1. The van der Waals surface area contributed by atoms with E-state index in [0.29, 0.717) is 43.0 Å². The standard InChI is InChI=1S/C15H23N3O3.ClH/c1-4-21-13-8-7-11(15(20)18(2)3)10-12(13)17-14(19)6-5-9-16;/h7-8,10H,4-6,9,16H2,1-3H3,(H,17,19);1H. The Morgan fingerprint density at radius 2 is 2.00 bits per heavy atom. The third kappa shape index (κ3) is 5.91. The van der Waals surface area contributed by atoms with Crippen LogP contribution in [0.25, 0.3) is 0 Å². The molecule has 7 heteroatoms. The summed E-state index contributed by atoms with van der Waals surface area (Å²) in [5.74, 6) is 0.278. The quantitative estimate of drug-likeness (QED) is 0.800. The molecule has 22 heavy (non-hydrogen) atoms. The molecule has 0 heterocycles. The summed E-state index contributed by atoms with van der Waals surface area (Å²) in [5.41, 5.74) is 6.39. The first kappa shape index (κ1) is 20.2. The average Bonchev–Trinajstić information content (AvgIpc) is 2.46. The summed E-state index contributed by atoms with van der Waals surface area (Å²) in [6, 6.07) is 5.01. The number of hydrogen-bond donors (Lipinski definition) is 2. The Hall–Kier alpha value is -1.79. The maximum atomic E-state index is 12.0. The van der Waals surface area contributed by atoms with Gasteiger partial charge in [0.2, 0.25) is 5.91 Å². The van der Waals surface area contributed by atoms with Crippen LogP contribution in [0.1, 0.15) is 30.1 Å². The Bertz CT molecular complexity index is 507. The van der Waals surface area contributed by atoms with Gasteiger partial charge in [-0.25, -0.2) is 0 Å². The zero-order valence-electron chi connectivity index (χ0n) is 13.2. The van der Waals surface area contributed by atoms with Gasteiger partial charge in [0.1, 0.15) is 5.75 Å². The molecule has 0 aromatic heterocycles. The monoisotopic (exact) mass is 329 g/mol. The third-order valence-corrected chi connectivity index (χ3v) is 2.81. The lowest BCUT2D eigenvalue weighted by Crippen LogP contribution is -2.22. The highest BCUT2D eigenvalue weighted by atomic mass is 35.5. The van der Waals surface area contributed by atoms with E-state index in [1.165, 1.54) is 4.90 Å². The Balaban J connectivity index is 0.00000441. The van der Waals surface area contributed by atoms with Crippen molar-refractivity contribution >= 4 is 29.9 Å². The fourth-order valence-electron chi connectivity index (χ4n) is 1.78. The normalized spacial score (nSPS) is 9.64. The highest BCUT2D eigenvalue weighted by Gasteiger charge is 2.13. The van der Waals surface area contributed by atoms with Gasteiger partial charge in [-0.1, -0.05) is 0 Å². The molecule has 6 nitrogen and oxygen atoms in total. The zero-order chi connectivity index (χ0) is 15.8. The number of nitrogens with one attached hydrogen (secondary N) is 1. The third-order valence-electron chi connectivity index (χ3n) is 2.81. The molecule has 1 rings (SSSR count). The van der Waals surface area contributed by atoms with Gasteiger partial charge in [0.15, 0.2) is 0 Å². The van der Waals surface area contributed by atoms with Gasteiger partial charge in [-0.2, -0.15) is 0 Å². The minimum absolute atomic E-state index is 0. The lowest BCUT2D eigenvalue weighted by molar-refractivity contribution is -0.116. The minimum atomic E-state index is -0.143. The van der Waals surface area contributed by atoms with Crippen LogP contribution >= 0.6 is 12.4 Å². The molecule has 0 radical (unpaired) electrons. The van der Waals surface area contributed by atoms with Crippen LogP contribution < -0.4 is 15.8 Å². The van der Waals surface area contributed by atoms with Crippen molar-refractivity contribution in [3.63, 3.8) is 0 Å². The Labute approximate surface area is 137 Å². The second-order valence-electron chi connectivity index (χ2n) is 4.78. The van der Waals surface area contributed by atoms with E-state index in [2.05, 4.69) is 5.32 Å². The molecule has 124 valence electrons. The van der Waals surface area contributed by atoms with Crippen molar-refractivity contribution in [2.24, 2.45) is 5.73 Å². The first-order valence-electron chi connectivity index (χ1n) is 6.98. The predicted octanol–water partition coefficient (Wildman–Crippen LogP) is 1.89. The SMILES string of the molecule is CCOc1ccc(C(=O)N(C)C)cc1NC(=O)CCCN.Cl. The molecule has 1 aromatic rings. The van der Waals surface area contributed by atoms with Gasteiger partial charge in [-0.05, 0) is 38.1 Å². The van der Waals surface area contributed by atoms with Crippen molar-refractivity contribution in [3.8, 4) is 5.75 Å². The topological polar surface area (TPSA) is 84.7 Å². The van der Waals surface area contributed by atoms with Gasteiger partial charge in [0, 0.05) is 26.1 Å². The molecule has 0 aliphatic rings. The number of nitrogens with zero attached hydrogens (tertiary/aromatic N) is 1. The molecule has 3 N–H and O–H groups in total. The number of amides is 2. The number of rotatable bonds is 7. The lowest BCUT2D eigenvalue weighted by atomic mass is 10.1. The van der Waals surface area contributed by atoms with Gasteiger partial charge >= 0.3 is 0 Å². The highest BCUT2D eigenvalue weighted by molar-refractivity contribution is 5.98. The Morgan fingerprint density at radius 1 is 1.32 bits per heavy atom. The molecule has 0 aliphatic heterocycles. The average molecular weight is 330 g/mol. The largest absolute Gasteiger partial charge is 0.492 e. The molecular weight excluding hydrogens is 306 g/mol. The van der Waals surface area contributed by atoms with Crippen LogP contribution in [0.5, 0.6) is 5.75 Å². The summed E-state index contributed by atoms with van der Waals surface area (Å²) in [5, 5.41) is 2.77. The first-order chi connectivity index (χ1) is 9.99. The number of benzene rings is 1. The summed E-state index contributed by atoms with van der Waals surface area (Å²) in [7, 11) is 3.36. The summed E-state index contributed by atoms with van der Waals surface area (Å²) in [4.78, 5) is 25.3. The van der Waals surface area contributed by atoms with Crippen molar-refractivity contribution in [1.82, 2.24) is 4.90 Å². The Morgan fingerprint density at radius 3 is 2.55 bits per heavy atom. The number of anilines is 1. The summed E-state index contributed by atoms with van der Waals surface area (Å²) in [6.45, 7) is 2.80. The molecule has 0 saturated carbocycles. The van der Waals surface area contributed by atoms with Gasteiger partial charge in [-0.15, -0.1) is 12.4 Å². The first-order valence-corrected chi connectivity index (χ1v) is 6.98. The van der Waals surface area contributed by atoms with Crippen molar-refractivity contribution in [2.75, 3.05) is 32.6 Å². The summed E-state index contributed by atoms with van der Waals surface area (Å²) in [6.07, 6.45) is 0.958. The molecule has 0 atom stereocenters. The van der Waals surface area contributed by atoms with E-state index < -0.39 is 0 Å². The maximum Gasteiger partial charge on any atom is 0.253 e. The van der Waals surface area contributed by atoms with Crippen LogP contribution in [0.3, 0.4) is 0 Å². The van der Waals surface area contributed by atoms with E-state index in [9.17, 15) is 9.59 Å². The fourth-order valence-corrected chi connectivity index (χ4v) is 1.78. The van der Waals surface area contributed by atoms with Crippen molar-refractivity contribution in [3.05, 3.63) is 23.8 Å². The number of carbonyl (C=O) groups is 2. The lowest BCUT2D eigenvalue weighted by Gasteiger charge is -2.15. The molecule has 0 fully saturated rings. The second kappa shape index (κ2) is 10.0. The molecule has 0 unspecified atom stereocenters. The van der Waals surface area contributed by atoms with Crippen molar-refractivity contribution < 1.29 is 14.3 Å². The molecule has 2 amide bonds. The Kier molecular flexibility index (Phi) is 9.21. The van der Waals surface area contributed by atoms with Crippen LogP contribution in [0.2, 0.25) is 0 Å². The predicted molar refractivity (Wildman–Crippen MR) is 89.8 cm³/mol. The molecule has 0 bridgehead atoms. The fraction of sp³-hybridized carbons (Fsp3) is 0.467. The van der Waals surface area contributed by atoms with Gasteiger partial charge in [-0.3, -0.25) is 9.59 Å².